The SMILES string of the molecule is CC1(C)c2ccccc2N(c2ccc(S(=O)(=O)c3cccc4c3oc3c(S(=O)(=O)c5ccc(N6c7ccccc7C(C)(C)c7ccccc76)cc5)cccc34)cc2)c2ccccc21. The molecule has 0 saturated carbocycles. The molecule has 0 unspecified atom stereocenters. The summed E-state index contributed by atoms with van der Waals surface area (Å²) in [6, 6.07) is 56.9. The maximum atomic E-state index is 14.6. The van der Waals surface area contributed by atoms with Crippen molar-refractivity contribution < 1.29 is 21.3 Å². The van der Waals surface area contributed by atoms with E-state index in [1.165, 1.54) is 34.4 Å². The Balaban J connectivity index is 0.954. The summed E-state index contributed by atoms with van der Waals surface area (Å²) < 4.78 is 64.6. The van der Waals surface area contributed by atoms with Crippen molar-refractivity contribution in [2.24, 2.45) is 0 Å². The van der Waals surface area contributed by atoms with E-state index in [1.54, 1.807) is 48.5 Å². The van der Waals surface area contributed by atoms with E-state index in [2.05, 4.69) is 86.0 Å². The molecule has 8 aromatic carbocycles. The Morgan fingerprint density at radius 2 is 0.667 bits per heavy atom. The minimum Gasteiger partial charge on any atom is -0.453 e. The highest BCUT2D eigenvalue weighted by atomic mass is 32.2. The van der Waals surface area contributed by atoms with E-state index in [4.69, 9.17) is 4.42 Å². The van der Waals surface area contributed by atoms with Crippen molar-refractivity contribution in [2.45, 2.75) is 58.1 Å². The van der Waals surface area contributed by atoms with Crippen LogP contribution < -0.4 is 9.80 Å². The van der Waals surface area contributed by atoms with Crippen LogP contribution in [0.2, 0.25) is 0 Å². The van der Waals surface area contributed by atoms with Gasteiger partial charge >= 0.3 is 0 Å². The molecule has 0 N–H and O–H groups in total. The van der Waals surface area contributed by atoms with Crippen LogP contribution in [0.15, 0.2) is 206 Å². The zero-order chi connectivity index (χ0) is 43.5. The van der Waals surface area contributed by atoms with Crippen molar-refractivity contribution in [1.29, 1.82) is 0 Å². The van der Waals surface area contributed by atoms with Crippen molar-refractivity contribution in [3.8, 4) is 0 Å². The number of hydrogen-bond donors (Lipinski definition) is 0. The summed E-state index contributed by atoms with van der Waals surface area (Å²) in [6.07, 6.45) is 0. The molecule has 2 aliphatic rings. The molecule has 9 aromatic rings. The van der Waals surface area contributed by atoms with Gasteiger partial charge in [0.25, 0.3) is 0 Å². The maximum Gasteiger partial charge on any atom is 0.210 e. The van der Waals surface area contributed by atoms with E-state index < -0.39 is 19.7 Å². The largest absolute Gasteiger partial charge is 0.453 e. The van der Waals surface area contributed by atoms with E-state index in [-0.39, 0.29) is 41.6 Å². The lowest BCUT2D eigenvalue weighted by atomic mass is 9.73. The van der Waals surface area contributed by atoms with E-state index in [0.717, 1.165) is 34.1 Å². The Morgan fingerprint density at radius 1 is 0.365 bits per heavy atom. The van der Waals surface area contributed by atoms with E-state index in [0.29, 0.717) is 10.8 Å². The first-order valence-corrected chi connectivity index (χ1v) is 23.9. The third-order valence-electron chi connectivity index (χ3n) is 13.1. The van der Waals surface area contributed by atoms with E-state index >= 15 is 0 Å². The molecule has 0 bridgehead atoms. The number of fused-ring (bicyclic) bond motifs is 7. The zero-order valence-electron chi connectivity index (χ0n) is 35.1. The highest BCUT2D eigenvalue weighted by Gasteiger charge is 2.38. The molecule has 11 rings (SSSR count). The minimum atomic E-state index is -4.13. The zero-order valence-corrected chi connectivity index (χ0v) is 36.7. The molecule has 0 spiro atoms. The number of para-hydroxylation sites is 6. The Kier molecular flexibility index (Phi) is 8.52. The molecule has 0 amide bonds. The van der Waals surface area contributed by atoms with Crippen molar-refractivity contribution in [2.75, 3.05) is 9.80 Å². The standard InChI is InChI=1S/C54H42N2O5S2/c1-53(2)41-17-5-9-21-45(41)55(46-22-10-6-18-42(46)53)35-27-31-37(32-28-35)62(57,58)49-25-13-15-39-40-16-14-26-50(52(40)61-51(39)49)63(59,60)38-33-29-36(30-34-38)56-47-23-11-7-19-43(47)54(3,4)44-20-8-12-24-48(44)56/h5-34H,1-4H3. The fourth-order valence-electron chi connectivity index (χ4n) is 9.89. The van der Waals surface area contributed by atoms with Gasteiger partial charge in [0.1, 0.15) is 9.79 Å². The summed E-state index contributed by atoms with van der Waals surface area (Å²) in [5.74, 6) is 0. The molecule has 9 heteroatoms. The van der Waals surface area contributed by atoms with Gasteiger partial charge in [0, 0.05) is 33.0 Å². The fourth-order valence-corrected chi connectivity index (χ4v) is 12.7. The lowest BCUT2D eigenvalue weighted by Gasteiger charge is -2.42. The van der Waals surface area contributed by atoms with Gasteiger partial charge in [0.2, 0.25) is 19.7 Å². The van der Waals surface area contributed by atoms with Crippen LogP contribution in [0.4, 0.5) is 34.1 Å². The molecule has 1 aromatic heterocycles. The number of benzene rings is 8. The molecule has 0 saturated heterocycles. The molecule has 0 atom stereocenters. The van der Waals surface area contributed by atoms with Crippen LogP contribution in [0.25, 0.3) is 21.9 Å². The van der Waals surface area contributed by atoms with Crippen LogP contribution >= 0.6 is 0 Å². The average molecular weight is 863 g/mol. The molecule has 310 valence electrons. The van der Waals surface area contributed by atoms with Gasteiger partial charge in [0.15, 0.2) is 11.2 Å². The molecule has 0 aliphatic carbocycles. The van der Waals surface area contributed by atoms with Crippen LogP contribution in [0, 0.1) is 0 Å². The second-order valence-electron chi connectivity index (χ2n) is 17.4. The normalized spacial score (nSPS) is 15.1. The first kappa shape index (κ1) is 38.9. The van der Waals surface area contributed by atoms with Crippen molar-refractivity contribution in [3.05, 3.63) is 204 Å². The second-order valence-corrected chi connectivity index (χ2v) is 21.2. The number of rotatable bonds is 6. The first-order chi connectivity index (χ1) is 30.3. The van der Waals surface area contributed by atoms with Crippen molar-refractivity contribution in [1.82, 2.24) is 0 Å². The molecule has 0 radical (unpaired) electrons. The van der Waals surface area contributed by atoms with Crippen LogP contribution in [-0.4, -0.2) is 16.8 Å². The number of nitrogens with zero attached hydrogens (tertiary/aromatic N) is 2. The maximum absolute atomic E-state index is 14.6. The molecular weight excluding hydrogens is 821 g/mol. The molecule has 7 nitrogen and oxygen atoms in total. The van der Waals surface area contributed by atoms with Crippen molar-refractivity contribution >= 4 is 75.7 Å². The van der Waals surface area contributed by atoms with E-state index in [1.807, 2.05) is 72.8 Å². The van der Waals surface area contributed by atoms with Gasteiger partial charge in [0.05, 0.1) is 32.5 Å². The summed E-state index contributed by atoms with van der Waals surface area (Å²) in [6.45, 7) is 8.89. The topological polar surface area (TPSA) is 87.9 Å². The summed E-state index contributed by atoms with van der Waals surface area (Å²) in [5.41, 5.74) is 10.2. The number of furan rings is 1. The molecule has 2 aliphatic heterocycles. The molecule has 3 heterocycles. The van der Waals surface area contributed by atoms with Gasteiger partial charge in [-0.3, -0.25) is 0 Å². The summed E-state index contributed by atoms with van der Waals surface area (Å²) >= 11 is 0. The number of anilines is 6. The predicted octanol–water partition coefficient (Wildman–Crippen LogP) is 13.5. The minimum absolute atomic E-state index is 0.0441. The lowest BCUT2D eigenvalue weighted by Crippen LogP contribution is -2.30. The lowest BCUT2D eigenvalue weighted by molar-refractivity contribution is 0.589. The monoisotopic (exact) mass is 862 g/mol. The third kappa shape index (κ3) is 5.69. The molecular formula is C54H42N2O5S2. The van der Waals surface area contributed by atoms with Gasteiger partial charge in [-0.25, -0.2) is 16.8 Å². The summed E-state index contributed by atoms with van der Waals surface area (Å²) in [4.78, 5) is 4.44. The number of sulfone groups is 2. The van der Waals surface area contributed by atoms with Gasteiger partial charge < -0.3 is 14.2 Å². The Labute approximate surface area is 367 Å². The van der Waals surface area contributed by atoms with Gasteiger partial charge in [-0.15, -0.1) is 0 Å². The van der Waals surface area contributed by atoms with Crippen LogP contribution in [0.5, 0.6) is 0 Å². The Bertz CT molecular complexity index is 3220. The van der Waals surface area contributed by atoms with Crippen LogP contribution in [-0.2, 0) is 30.5 Å². The third-order valence-corrected chi connectivity index (χ3v) is 16.7. The predicted molar refractivity (Wildman–Crippen MR) is 251 cm³/mol. The van der Waals surface area contributed by atoms with Gasteiger partial charge in [-0.2, -0.15) is 0 Å². The van der Waals surface area contributed by atoms with Gasteiger partial charge in [-0.05, 0) is 107 Å². The highest BCUT2D eigenvalue weighted by molar-refractivity contribution is 7.92. The molecule has 63 heavy (non-hydrogen) atoms. The van der Waals surface area contributed by atoms with E-state index in [9.17, 15) is 16.8 Å². The van der Waals surface area contributed by atoms with Crippen LogP contribution in [0.3, 0.4) is 0 Å². The average Bonchev–Trinajstić information content (AvgIpc) is 3.69. The number of hydrogen-bond acceptors (Lipinski definition) is 7. The summed E-state index contributed by atoms with van der Waals surface area (Å²) in [5, 5.41) is 1.01. The van der Waals surface area contributed by atoms with Crippen molar-refractivity contribution in [3.63, 3.8) is 0 Å². The smallest absolute Gasteiger partial charge is 0.210 e. The highest BCUT2D eigenvalue weighted by Crippen LogP contribution is 2.53. The summed E-state index contributed by atoms with van der Waals surface area (Å²) in [7, 11) is -8.27. The fraction of sp³-hybridized carbons (Fsp3) is 0.111. The molecule has 0 fully saturated rings. The second kappa shape index (κ2) is 13.8. The Morgan fingerprint density at radius 3 is 0.984 bits per heavy atom. The Hall–Kier alpha value is -6.94. The first-order valence-electron chi connectivity index (χ1n) is 20.9. The van der Waals surface area contributed by atoms with Crippen LogP contribution in [0.1, 0.15) is 49.9 Å². The quantitative estimate of drug-likeness (QED) is 0.164. The van der Waals surface area contributed by atoms with Gasteiger partial charge in [-0.1, -0.05) is 125 Å².